The van der Waals surface area contributed by atoms with Crippen molar-refractivity contribution in [1.29, 1.82) is 0 Å². The molecule has 0 aromatic heterocycles. The summed E-state index contributed by atoms with van der Waals surface area (Å²) >= 11 is 0. The largest absolute Gasteiger partial charge is 1.00 e. The van der Waals surface area contributed by atoms with Gasteiger partial charge in [-0.15, -0.1) is 0 Å². The summed E-state index contributed by atoms with van der Waals surface area (Å²) in [5.74, 6) is 0. The monoisotopic (exact) mass is 449 g/mol. The predicted octanol–water partition coefficient (Wildman–Crippen LogP) is -4.07. The fraction of sp³-hybridized carbons (Fsp3) is 0. The van der Waals surface area contributed by atoms with E-state index in [0.29, 0.717) is 0 Å². The third kappa shape index (κ3) is 18.4. The Hall–Kier alpha value is 3.60. The van der Waals surface area contributed by atoms with E-state index < -0.39 is 0 Å². The van der Waals surface area contributed by atoms with Crippen molar-refractivity contribution < 1.29 is 85.9 Å². The van der Waals surface area contributed by atoms with E-state index in [1.807, 2.05) is 0 Å². The van der Waals surface area contributed by atoms with Gasteiger partial charge < -0.3 is 1.43 Å². The first-order chi connectivity index (χ1) is 0. The van der Waals surface area contributed by atoms with Gasteiger partial charge in [-0.3, -0.25) is 0 Å². The Bertz CT molecular complexity index is 15.5. The van der Waals surface area contributed by atoms with Gasteiger partial charge in [0.1, 0.15) is 0 Å². The van der Waals surface area contributed by atoms with Crippen molar-refractivity contribution in [1.82, 2.24) is 0 Å². The summed E-state index contributed by atoms with van der Waals surface area (Å²) in [6.07, 6.45) is 0. The molecule has 0 aliphatic rings. The van der Waals surface area contributed by atoms with Crippen LogP contribution in [0.15, 0.2) is 0 Å². The van der Waals surface area contributed by atoms with Gasteiger partial charge in [-0.2, -0.15) is 0 Å². The third-order valence-electron chi connectivity index (χ3n) is 0. The van der Waals surface area contributed by atoms with Gasteiger partial charge in [-0.25, -0.2) is 0 Å². The minimum Gasteiger partial charge on any atom is -1.00 e. The van der Waals surface area contributed by atoms with Crippen LogP contribution in [-0.4, -0.2) is 26.2 Å². The molecule has 0 N–H and O–H groups in total. The molecular formula is H4BiCoFeMoNa. The van der Waals surface area contributed by atoms with Gasteiger partial charge >= 0.3 is 55.8 Å². The van der Waals surface area contributed by atoms with Crippen LogP contribution in [0.25, 0.3) is 0 Å². The molecule has 0 aromatic rings. The number of rotatable bonds is 0. The van der Waals surface area contributed by atoms with Crippen LogP contribution >= 0.6 is 0 Å². The zero-order chi connectivity index (χ0) is 0. The van der Waals surface area contributed by atoms with Crippen LogP contribution < -0.4 is 29.6 Å². The molecule has 0 aliphatic heterocycles. The molecule has 0 saturated carbocycles. The molecule has 0 nitrogen and oxygen atoms in total. The minimum atomic E-state index is 0. The summed E-state index contributed by atoms with van der Waals surface area (Å²) in [7, 11) is 0. The van der Waals surface area contributed by atoms with Crippen LogP contribution in [-0.2, 0) is 54.9 Å². The van der Waals surface area contributed by atoms with Crippen molar-refractivity contribution in [2.24, 2.45) is 0 Å². The first kappa shape index (κ1) is 38.3. The van der Waals surface area contributed by atoms with Crippen molar-refractivity contribution in [3.05, 3.63) is 0 Å². The maximum atomic E-state index is 0. The van der Waals surface area contributed by atoms with Gasteiger partial charge in [-0.1, -0.05) is 0 Å². The van der Waals surface area contributed by atoms with E-state index in [2.05, 4.69) is 0 Å². The Morgan fingerprint density at radius 2 is 1.20 bits per heavy atom. The Morgan fingerprint density at radius 3 is 1.20 bits per heavy atom. The van der Waals surface area contributed by atoms with E-state index in [4.69, 9.17) is 0 Å². The first-order valence-electron chi connectivity index (χ1n) is 0. The van der Waals surface area contributed by atoms with E-state index in [0.717, 1.165) is 0 Å². The molecule has 0 rings (SSSR count). The second-order valence-electron chi connectivity index (χ2n) is 0. The van der Waals surface area contributed by atoms with Gasteiger partial charge in [0, 0.05) is 54.9 Å². The van der Waals surface area contributed by atoms with Crippen molar-refractivity contribution >= 4 is 26.2 Å². The van der Waals surface area contributed by atoms with Gasteiger partial charge in [0.15, 0.2) is 0 Å². The fourth-order valence-corrected chi connectivity index (χ4v) is 0. The van der Waals surface area contributed by atoms with Gasteiger partial charge in [0.25, 0.3) is 0 Å². The first-order valence-corrected chi connectivity index (χ1v) is 0. The van der Waals surface area contributed by atoms with Gasteiger partial charge in [0.2, 0.25) is 0 Å². The molecule has 0 amide bonds. The molecule has 0 heterocycles. The molecule has 0 aromatic carbocycles. The van der Waals surface area contributed by atoms with E-state index in [9.17, 15) is 0 Å². The second-order valence-corrected chi connectivity index (χ2v) is 0. The van der Waals surface area contributed by atoms with Crippen LogP contribution in [0.3, 0.4) is 0 Å². The standard InChI is InChI=1S/Bi.Co.Fe.Mo.Na.4H/q;;;;+1;;;;-1. The van der Waals surface area contributed by atoms with Crippen LogP contribution in [0.2, 0.25) is 0 Å². The Labute approximate surface area is 110 Å². The fourth-order valence-electron chi connectivity index (χ4n) is 0. The maximum Gasteiger partial charge on any atom is 1.00 e. The molecule has 5 heavy (non-hydrogen) atoms. The van der Waals surface area contributed by atoms with Crippen LogP contribution in [0, 0.1) is 0 Å². The molecule has 0 aliphatic carbocycles. The summed E-state index contributed by atoms with van der Waals surface area (Å²) < 4.78 is 0. The van der Waals surface area contributed by atoms with Gasteiger partial charge in [-0.05, 0) is 0 Å². The van der Waals surface area contributed by atoms with E-state index in [1.165, 1.54) is 0 Å². The zero-order valence-electron chi connectivity index (χ0n) is 3.80. The molecule has 0 saturated heterocycles. The van der Waals surface area contributed by atoms with Crippen molar-refractivity contribution in [2.45, 2.75) is 0 Å². The molecule has 0 fully saturated rings. The molecular weight excluding hydrogens is 443 g/mol. The molecule has 0 bridgehead atoms. The van der Waals surface area contributed by atoms with Crippen molar-refractivity contribution in [3.63, 3.8) is 0 Å². The van der Waals surface area contributed by atoms with Crippen molar-refractivity contribution in [2.75, 3.05) is 0 Å². The molecule has 0 spiro atoms. The number of hydrogen-bond donors (Lipinski definition) is 0. The maximum absolute atomic E-state index is 0. The normalized spacial score (nSPS) is 0. The molecule has 0 atom stereocenters. The topological polar surface area (TPSA) is 0 Å². The minimum absolute atomic E-state index is 0. The molecule has 33 valence electrons. The van der Waals surface area contributed by atoms with Crippen LogP contribution in [0.4, 0.5) is 0 Å². The number of hydrogen-bond acceptors (Lipinski definition) is 0. The molecule has 0 unspecified atom stereocenters. The SMILES string of the molecule is [BiH3].[Co].[Fe].[H-].[Mo].[Na+]. The Morgan fingerprint density at radius 1 is 1.20 bits per heavy atom. The Kier molecular flexibility index (Phi) is 196. The van der Waals surface area contributed by atoms with Crippen LogP contribution in [0.5, 0.6) is 0 Å². The third-order valence-corrected chi connectivity index (χ3v) is 0. The van der Waals surface area contributed by atoms with E-state index in [-0.39, 0.29) is 112 Å². The summed E-state index contributed by atoms with van der Waals surface area (Å²) in [6.45, 7) is 0. The zero-order valence-corrected chi connectivity index (χ0v) is 14.5. The van der Waals surface area contributed by atoms with Crippen molar-refractivity contribution in [3.8, 4) is 0 Å². The average Bonchev–Trinajstić information content (AvgIpc) is 0. The van der Waals surface area contributed by atoms with E-state index in [1.54, 1.807) is 0 Å². The molecule has 1 radical (unpaired) electrons. The average molecular weight is 447 g/mol. The Balaban J connectivity index is 0. The predicted molar refractivity (Wildman–Crippen MR) is 11.1 cm³/mol. The summed E-state index contributed by atoms with van der Waals surface area (Å²) in [6, 6.07) is 0. The quantitative estimate of drug-likeness (QED) is 0.332. The summed E-state index contributed by atoms with van der Waals surface area (Å²) in [5.41, 5.74) is 0. The summed E-state index contributed by atoms with van der Waals surface area (Å²) in [4.78, 5) is 0. The van der Waals surface area contributed by atoms with E-state index >= 15 is 0 Å². The summed E-state index contributed by atoms with van der Waals surface area (Å²) in [5, 5.41) is 0. The molecule has 5 heteroatoms. The second kappa shape index (κ2) is 25.6. The smallest absolute Gasteiger partial charge is 1.00 e. The van der Waals surface area contributed by atoms with Crippen LogP contribution in [0.1, 0.15) is 1.43 Å². The van der Waals surface area contributed by atoms with Gasteiger partial charge in [0.05, 0.1) is 0 Å².